The summed E-state index contributed by atoms with van der Waals surface area (Å²) in [4.78, 5) is 27.7. The molecule has 1 saturated carbocycles. The largest absolute Gasteiger partial charge is 0.336 e. The van der Waals surface area contributed by atoms with Crippen LogP contribution in [-0.4, -0.2) is 60.4 Å². The second kappa shape index (κ2) is 4.88. The average molecular weight is 251 g/mol. The summed E-state index contributed by atoms with van der Waals surface area (Å²) >= 11 is 0. The van der Waals surface area contributed by atoms with Crippen molar-refractivity contribution in [3.63, 3.8) is 0 Å². The Bertz CT molecular complexity index is 352. The molecule has 5 nitrogen and oxygen atoms in total. The summed E-state index contributed by atoms with van der Waals surface area (Å²) in [5.74, 6) is 0.726. The van der Waals surface area contributed by atoms with Gasteiger partial charge in [0.1, 0.15) is 5.78 Å². The molecule has 1 unspecified atom stereocenters. The molecule has 3 rings (SSSR count). The van der Waals surface area contributed by atoms with E-state index in [1.54, 1.807) is 0 Å². The minimum Gasteiger partial charge on any atom is -0.336 e. The highest BCUT2D eigenvalue weighted by atomic mass is 16.2. The summed E-state index contributed by atoms with van der Waals surface area (Å²) in [6.07, 6.45) is 4.60. The third kappa shape index (κ3) is 2.23. The van der Waals surface area contributed by atoms with E-state index in [9.17, 15) is 9.59 Å². The molecule has 0 aromatic rings. The lowest BCUT2D eigenvalue weighted by molar-refractivity contribution is -0.124. The van der Waals surface area contributed by atoms with E-state index in [0.717, 1.165) is 39.0 Å². The highest BCUT2D eigenvalue weighted by Gasteiger charge is 2.36. The first-order valence-corrected chi connectivity index (χ1v) is 7.03. The molecule has 1 N–H and O–H groups in total. The number of hydrogen-bond donors (Lipinski definition) is 1. The Kier molecular flexibility index (Phi) is 3.24. The van der Waals surface area contributed by atoms with Crippen molar-refractivity contribution < 1.29 is 9.59 Å². The molecular weight excluding hydrogens is 230 g/mol. The van der Waals surface area contributed by atoms with Crippen LogP contribution >= 0.6 is 0 Å². The van der Waals surface area contributed by atoms with Crippen LogP contribution in [0.15, 0.2) is 0 Å². The molecule has 0 radical (unpaired) electrons. The van der Waals surface area contributed by atoms with Gasteiger partial charge in [0.25, 0.3) is 0 Å². The van der Waals surface area contributed by atoms with Gasteiger partial charge in [-0.1, -0.05) is 12.8 Å². The van der Waals surface area contributed by atoms with Crippen LogP contribution in [0.3, 0.4) is 0 Å². The van der Waals surface area contributed by atoms with Crippen molar-refractivity contribution in [2.24, 2.45) is 5.92 Å². The average Bonchev–Trinajstić information content (AvgIpc) is 2.99. The van der Waals surface area contributed by atoms with Crippen LogP contribution < -0.4 is 5.32 Å². The molecule has 3 fully saturated rings. The molecule has 0 aromatic carbocycles. The molecule has 0 aromatic heterocycles. The summed E-state index contributed by atoms with van der Waals surface area (Å²) in [7, 11) is 0. The van der Waals surface area contributed by atoms with Crippen LogP contribution in [0.1, 0.15) is 25.7 Å². The molecule has 100 valence electrons. The normalized spacial score (nSPS) is 29.4. The second-order valence-corrected chi connectivity index (χ2v) is 5.72. The first-order chi connectivity index (χ1) is 8.74. The van der Waals surface area contributed by atoms with Crippen LogP contribution in [0.5, 0.6) is 0 Å². The van der Waals surface area contributed by atoms with Crippen molar-refractivity contribution in [3.8, 4) is 0 Å². The second-order valence-electron chi connectivity index (χ2n) is 5.72. The van der Waals surface area contributed by atoms with Crippen molar-refractivity contribution in [2.45, 2.75) is 31.7 Å². The van der Waals surface area contributed by atoms with Crippen LogP contribution in [-0.2, 0) is 4.79 Å². The highest BCUT2D eigenvalue weighted by Crippen LogP contribution is 2.26. The summed E-state index contributed by atoms with van der Waals surface area (Å²) in [5.41, 5.74) is 0. The number of hydrogen-bond acceptors (Lipinski definition) is 3. The number of nitrogens with one attached hydrogen (secondary N) is 1. The lowest BCUT2D eigenvalue weighted by Gasteiger charge is -2.36. The van der Waals surface area contributed by atoms with Crippen LogP contribution in [0.25, 0.3) is 0 Å². The number of urea groups is 1. The van der Waals surface area contributed by atoms with Gasteiger partial charge in [-0.05, 0) is 12.8 Å². The van der Waals surface area contributed by atoms with Crippen LogP contribution in [0.2, 0.25) is 0 Å². The number of piperazine rings is 1. The highest BCUT2D eigenvalue weighted by molar-refractivity contribution is 5.83. The van der Waals surface area contributed by atoms with E-state index < -0.39 is 0 Å². The number of Topliss-reactive ketones (excluding diaryl/α,β-unsaturated/α-hetero) is 1. The van der Waals surface area contributed by atoms with Gasteiger partial charge in [0.05, 0.1) is 12.6 Å². The van der Waals surface area contributed by atoms with E-state index >= 15 is 0 Å². The number of amides is 2. The summed E-state index contributed by atoms with van der Waals surface area (Å²) < 4.78 is 0. The van der Waals surface area contributed by atoms with Gasteiger partial charge in [-0.2, -0.15) is 0 Å². The zero-order valence-electron chi connectivity index (χ0n) is 10.7. The van der Waals surface area contributed by atoms with Crippen molar-refractivity contribution in [1.82, 2.24) is 15.1 Å². The molecule has 1 aliphatic carbocycles. The number of carbonyl (C=O) groups is 2. The molecule has 2 saturated heterocycles. The molecule has 18 heavy (non-hydrogen) atoms. The first kappa shape index (κ1) is 12.0. The van der Waals surface area contributed by atoms with Gasteiger partial charge in [-0.25, -0.2) is 4.79 Å². The van der Waals surface area contributed by atoms with Gasteiger partial charge < -0.3 is 10.2 Å². The molecule has 0 bridgehead atoms. The zero-order chi connectivity index (χ0) is 12.5. The van der Waals surface area contributed by atoms with Crippen LogP contribution in [0.4, 0.5) is 4.79 Å². The van der Waals surface area contributed by atoms with E-state index in [4.69, 9.17) is 0 Å². The van der Waals surface area contributed by atoms with Gasteiger partial charge in [0.2, 0.25) is 0 Å². The van der Waals surface area contributed by atoms with Gasteiger partial charge in [-0.3, -0.25) is 9.69 Å². The first-order valence-electron chi connectivity index (χ1n) is 7.03. The van der Waals surface area contributed by atoms with E-state index in [2.05, 4.69) is 10.2 Å². The maximum Gasteiger partial charge on any atom is 0.317 e. The molecule has 2 heterocycles. The fourth-order valence-corrected chi connectivity index (χ4v) is 3.41. The third-order valence-corrected chi connectivity index (χ3v) is 4.51. The number of rotatable bonds is 3. The van der Waals surface area contributed by atoms with Gasteiger partial charge in [0, 0.05) is 32.1 Å². The topological polar surface area (TPSA) is 52.7 Å². The SMILES string of the molecule is O=C(CN1CCN2C(=O)NCC2C1)C1CCCC1. The van der Waals surface area contributed by atoms with Gasteiger partial charge in [-0.15, -0.1) is 0 Å². The monoisotopic (exact) mass is 251 g/mol. The summed E-state index contributed by atoms with van der Waals surface area (Å²) in [5, 5.41) is 2.87. The number of nitrogens with zero attached hydrogens (tertiary/aromatic N) is 2. The zero-order valence-corrected chi connectivity index (χ0v) is 10.7. The summed E-state index contributed by atoms with van der Waals surface area (Å²) in [6, 6.07) is 0.324. The maximum atomic E-state index is 12.1. The van der Waals surface area contributed by atoms with E-state index in [-0.39, 0.29) is 12.1 Å². The molecule has 2 aliphatic heterocycles. The molecule has 3 aliphatic rings. The van der Waals surface area contributed by atoms with Gasteiger partial charge in [0.15, 0.2) is 0 Å². The van der Waals surface area contributed by atoms with Crippen molar-refractivity contribution in [2.75, 3.05) is 32.7 Å². The summed E-state index contributed by atoms with van der Waals surface area (Å²) in [6.45, 7) is 3.75. The standard InChI is InChI=1S/C13H21N3O2/c17-12(10-3-1-2-4-10)9-15-5-6-16-11(8-15)7-14-13(16)18/h10-11H,1-9H2,(H,14,18). The predicted molar refractivity (Wildman–Crippen MR) is 67.3 cm³/mol. The Hall–Kier alpha value is -1.10. The lowest BCUT2D eigenvalue weighted by Crippen LogP contribution is -2.53. The van der Waals surface area contributed by atoms with E-state index in [0.29, 0.717) is 18.2 Å². The number of fused-ring (bicyclic) bond motifs is 1. The Morgan fingerprint density at radius 2 is 2.06 bits per heavy atom. The quantitative estimate of drug-likeness (QED) is 0.792. The maximum absolute atomic E-state index is 12.1. The molecule has 1 atom stereocenters. The minimum absolute atomic E-state index is 0.0572. The van der Waals surface area contributed by atoms with Crippen LogP contribution in [0, 0.1) is 5.92 Å². The molecule has 0 spiro atoms. The predicted octanol–water partition coefficient (Wildman–Crippen LogP) is 0.455. The van der Waals surface area contributed by atoms with Crippen molar-refractivity contribution in [1.29, 1.82) is 0 Å². The Labute approximate surface area is 107 Å². The Morgan fingerprint density at radius 1 is 1.28 bits per heavy atom. The Morgan fingerprint density at radius 3 is 2.83 bits per heavy atom. The minimum atomic E-state index is 0.0572. The van der Waals surface area contributed by atoms with E-state index in [1.807, 2.05) is 4.90 Å². The van der Waals surface area contributed by atoms with Gasteiger partial charge >= 0.3 is 6.03 Å². The molecule has 2 amide bonds. The smallest absolute Gasteiger partial charge is 0.317 e. The fourth-order valence-electron chi connectivity index (χ4n) is 3.41. The third-order valence-electron chi connectivity index (χ3n) is 4.51. The van der Waals surface area contributed by atoms with E-state index in [1.165, 1.54) is 12.8 Å². The fraction of sp³-hybridized carbons (Fsp3) is 0.846. The molecular formula is C13H21N3O2. The van der Waals surface area contributed by atoms with Crippen molar-refractivity contribution in [3.05, 3.63) is 0 Å². The lowest BCUT2D eigenvalue weighted by atomic mass is 10.0. The number of ketones is 1. The number of carbonyl (C=O) groups excluding carboxylic acids is 2. The Balaban J connectivity index is 1.52. The van der Waals surface area contributed by atoms with Crippen molar-refractivity contribution >= 4 is 11.8 Å². The molecule has 5 heteroatoms.